The van der Waals surface area contributed by atoms with E-state index in [2.05, 4.69) is 10.3 Å². The van der Waals surface area contributed by atoms with Crippen LogP contribution < -0.4 is 21.3 Å². The molecule has 0 unspecified atom stereocenters. The number of hydrogen-bond donors (Lipinski definition) is 1. The van der Waals surface area contributed by atoms with E-state index >= 15 is 0 Å². The second kappa shape index (κ2) is 5.88. The first-order valence-electron chi connectivity index (χ1n) is 7.43. The molecule has 0 spiro atoms. The predicted molar refractivity (Wildman–Crippen MR) is 91.5 cm³/mol. The van der Waals surface area contributed by atoms with Crippen molar-refractivity contribution in [1.29, 1.82) is 0 Å². The van der Waals surface area contributed by atoms with Crippen LogP contribution in [0.3, 0.4) is 0 Å². The molecular weight excluding hydrogens is 310 g/mol. The molecule has 0 atom stereocenters. The van der Waals surface area contributed by atoms with Crippen molar-refractivity contribution in [3.05, 3.63) is 50.7 Å². The zero-order chi connectivity index (χ0) is 17.4. The maximum Gasteiger partial charge on any atom is 0.332 e. The monoisotopic (exact) mass is 329 g/mol. The highest BCUT2D eigenvalue weighted by molar-refractivity contribution is 5.74. The van der Waals surface area contributed by atoms with Crippen LogP contribution in [0.2, 0.25) is 0 Å². The summed E-state index contributed by atoms with van der Waals surface area (Å²) in [5.41, 5.74) is 1.04. The van der Waals surface area contributed by atoms with Gasteiger partial charge in [-0.15, -0.1) is 0 Å². The molecule has 0 bridgehead atoms. The van der Waals surface area contributed by atoms with E-state index in [1.165, 1.54) is 11.6 Å². The molecule has 8 heteroatoms. The number of benzene rings is 1. The molecule has 0 aliphatic carbocycles. The summed E-state index contributed by atoms with van der Waals surface area (Å²) in [5, 5.41) is 3.20. The Balaban J connectivity index is 1.97. The lowest BCUT2D eigenvalue weighted by molar-refractivity contribution is 0.414. The van der Waals surface area contributed by atoms with Crippen molar-refractivity contribution in [3.8, 4) is 5.75 Å². The molecule has 3 rings (SSSR count). The normalized spacial score (nSPS) is 11.0. The van der Waals surface area contributed by atoms with Gasteiger partial charge in [-0.05, 0) is 17.7 Å². The number of aromatic nitrogens is 4. The van der Waals surface area contributed by atoms with Crippen LogP contribution in [0.1, 0.15) is 5.56 Å². The SMILES string of the molecule is COc1ccc(CNc2nc3c(c(=O)n(C)c(=O)n3C)n2C)cc1. The predicted octanol–water partition coefficient (Wildman–Crippen LogP) is 0.591. The third kappa shape index (κ3) is 2.45. The topological polar surface area (TPSA) is 83.1 Å². The summed E-state index contributed by atoms with van der Waals surface area (Å²) >= 11 is 0. The molecule has 0 aliphatic rings. The third-order valence-corrected chi connectivity index (χ3v) is 4.09. The minimum atomic E-state index is -0.396. The second-order valence-corrected chi connectivity index (χ2v) is 5.57. The summed E-state index contributed by atoms with van der Waals surface area (Å²) in [7, 11) is 6.43. The van der Waals surface area contributed by atoms with Crippen LogP contribution in [-0.4, -0.2) is 25.8 Å². The van der Waals surface area contributed by atoms with Gasteiger partial charge in [-0.25, -0.2) is 4.79 Å². The van der Waals surface area contributed by atoms with E-state index in [1.54, 1.807) is 25.8 Å². The van der Waals surface area contributed by atoms with Crippen LogP contribution in [0, 0.1) is 0 Å². The van der Waals surface area contributed by atoms with Crippen molar-refractivity contribution >= 4 is 17.1 Å². The van der Waals surface area contributed by atoms with Crippen molar-refractivity contribution in [1.82, 2.24) is 18.7 Å². The lowest BCUT2D eigenvalue weighted by Gasteiger charge is -2.07. The number of nitrogens with one attached hydrogen (secondary N) is 1. The molecule has 0 fully saturated rings. The first kappa shape index (κ1) is 15.9. The molecule has 2 heterocycles. The van der Waals surface area contributed by atoms with Gasteiger partial charge >= 0.3 is 5.69 Å². The highest BCUT2D eigenvalue weighted by atomic mass is 16.5. The largest absolute Gasteiger partial charge is 0.497 e. The summed E-state index contributed by atoms with van der Waals surface area (Å²) in [6.45, 7) is 0.537. The van der Waals surface area contributed by atoms with Crippen LogP contribution in [0.25, 0.3) is 11.2 Å². The van der Waals surface area contributed by atoms with E-state index in [0.29, 0.717) is 23.7 Å². The molecule has 126 valence electrons. The molecule has 2 aromatic heterocycles. The minimum absolute atomic E-state index is 0.361. The fraction of sp³-hybridized carbons (Fsp3) is 0.312. The fourth-order valence-corrected chi connectivity index (χ4v) is 2.60. The average Bonchev–Trinajstić information content (AvgIpc) is 2.93. The highest BCUT2D eigenvalue weighted by Crippen LogP contribution is 2.16. The maximum atomic E-state index is 12.3. The van der Waals surface area contributed by atoms with Crippen LogP contribution in [0.4, 0.5) is 5.95 Å². The highest BCUT2D eigenvalue weighted by Gasteiger charge is 2.16. The fourth-order valence-electron chi connectivity index (χ4n) is 2.60. The van der Waals surface area contributed by atoms with E-state index in [0.717, 1.165) is 15.9 Å². The number of methoxy groups -OCH3 is 1. The van der Waals surface area contributed by atoms with E-state index in [9.17, 15) is 9.59 Å². The summed E-state index contributed by atoms with van der Waals surface area (Å²) in [4.78, 5) is 28.7. The number of anilines is 1. The van der Waals surface area contributed by atoms with E-state index in [-0.39, 0.29) is 5.56 Å². The van der Waals surface area contributed by atoms with Crippen molar-refractivity contribution < 1.29 is 4.74 Å². The van der Waals surface area contributed by atoms with Gasteiger partial charge in [0.15, 0.2) is 11.2 Å². The van der Waals surface area contributed by atoms with Gasteiger partial charge in [0.25, 0.3) is 5.56 Å². The minimum Gasteiger partial charge on any atom is -0.497 e. The van der Waals surface area contributed by atoms with E-state index in [1.807, 2.05) is 24.3 Å². The molecule has 1 N–H and O–H groups in total. The van der Waals surface area contributed by atoms with Gasteiger partial charge in [0.1, 0.15) is 5.75 Å². The van der Waals surface area contributed by atoms with Gasteiger partial charge in [-0.3, -0.25) is 13.9 Å². The molecule has 24 heavy (non-hydrogen) atoms. The zero-order valence-corrected chi connectivity index (χ0v) is 14.0. The smallest absolute Gasteiger partial charge is 0.332 e. The van der Waals surface area contributed by atoms with Gasteiger partial charge in [-0.1, -0.05) is 12.1 Å². The number of aryl methyl sites for hydroxylation is 2. The number of hydrogen-bond acceptors (Lipinski definition) is 5. The Labute approximate surface area is 137 Å². The number of imidazole rings is 1. The zero-order valence-electron chi connectivity index (χ0n) is 14.0. The Morgan fingerprint density at radius 2 is 1.71 bits per heavy atom. The average molecular weight is 329 g/mol. The number of nitrogens with zero attached hydrogens (tertiary/aromatic N) is 4. The lowest BCUT2D eigenvalue weighted by Crippen LogP contribution is -2.37. The second-order valence-electron chi connectivity index (χ2n) is 5.57. The van der Waals surface area contributed by atoms with E-state index < -0.39 is 5.69 Å². The quantitative estimate of drug-likeness (QED) is 0.757. The van der Waals surface area contributed by atoms with Crippen LogP contribution >= 0.6 is 0 Å². The van der Waals surface area contributed by atoms with Gasteiger partial charge in [-0.2, -0.15) is 4.98 Å². The summed E-state index contributed by atoms with van der Waals surface area (Å²) < 4.78 is 9.25. The maximum absolute atomic E-state index is 12.3. The van der Waals surface area contributed by atoms with E-state index in [4.69, 9.17) is 4.74 Å². The molecule has 0 aliphatic heterocycles. The van der Waals surface area contributed by atoms with Crippen molar-refractivity contribution in [3.63, 3.8) is 0 Å². The van der Waals surface area contributed by atoms with Crippen molar-refractivity contribution in [2.75, 3.05) is 12.4 Å². The van der Waals surface area contributed by atoms with Crippen molar-refractivity contribution in [2.45, 2.75) is 6.54 Å². The first-order valence-corrected chi connectivity index (χ1v) is 7.43. The number of rotatable bonds is 4. The Morgan fingerprint density at radius 1 is 1.04 bits per heavy atom. The Kier molecular flexibility index (Phi) is 3.88. The molecule has 0 amide bonds. The van der Waals surface area contributed by atoms with Gasteiger partial charge in [0.05, 0.1) is 7.11 Å². The molecule has 0 saturated heterocycles. The summed E-state index contributed by atoms with van der Waals surface area (Å²) in [5.74, 6) is 1.32. The number of ether oxygens (including phenoxy) is 1. The Bertz CT molecular complexity index is 1010. The summed E-state index contributed by atoms with van der Waals surface area (Å²) in [6.07, 6.45) is 0. The van der Waals surface area contributed by atoms with Crippen LogP contribution in [-0.2, 0) is 27.7 Å². The van der Waals surface area contributed by atoms with Gasteiger partial charge < -0.3 is 14.6 Å². The Morgan fingerprint density at radius 3 is 2.33 bits per heavy atom. The van der Waals surface area contributed by atoms with Crippen molar-refractivity contribution in [2.24, 2.45) is 21.1 Å². The van der Waals surface area contributed by atoms with Gasteiger partial charge in [0, 0.05) is 27.7 Å². The van der Waals surface area contributed by atoms with Gasteiger partial charge in [0.2, 0.25) is 5.95 Å². The molecule has 3 aromatic rings. The lowest BCUT2D eigenvalue weighted by atomic mass is 10.2. The molecular formula is C16H19N5O3. The molecule has 8 nitrogen and oxygen atoms in total. The molecule has 1 aromatic carbocycles. The van der Waals surface area contributed by atoms with Crippen LogP contribution in [0.15, 0.2) is 33.9 Å². The number of fused-ring (bicyclic) bond motifs is 1. The first-order chi connectivity index (χ1) is 11.4. The standard InChI is InChI=1S/C16H19N5O3/c1-19-12-13(20(2)16(23)21(3)14(12)22)18-15(19)17-9-10-5-7-11(24-4)8-6-10/h5-8H,9H2,1-4H3,(H,17,18). The third-order valence-electron chi connectivity index (χ3n) is 4.09. The molecule has 0 saturated carbocycles. The molecule has 0 radical (unpaired) electrons. The Hall–Kier alpha value is -3.03. The van der Waals surface area contributed by atoms with Crippen LogP contribution in [0.5, 0.6) is 5.75 Å². The summed E-state index contributed by atoms with van der Waals surface area (Å²) in [6, 6.07) is 7.66.